The summed E-state index contributed by atoms with van der Waals surface area (Å²) in [6.45, 7) is 9.47. The first-order chi connectivity index (χ1) is 11.3. The van der Waals surface area contributed by atoms with Crippen LogP contribution in [0.5, 0.6) is 0 Å². The fraction of sp³-hybridized carbons (Fsp3) is 0.579. The molecule has 2 amide bonds. The Hall–Kier alpha value is -1.88. The van der Waals surface area contributed by atoms with E-state index in [0.29, 0.717) is 13.1 Å². The van der Waals surface area contributed by atoms with Gasteiger partial charge in [0.15, 0.2) is 13.1 Å². The third kappa shape index (κ3) is 7.13. The summed E-state index contributed by atoms with van der Waals surface area (Å²) in [6, 6.07) is 4.12. The number of carbonyl (C=O) groups excluding carboxylic acids is 2. The predicted molar refractivity (Wildman–Crippen MR) is 98.4 cm³/mol. The monoisotopic (exact) mass is 334 g/mol. The number of amides is 2. The molecule has 1 rings (SSSR count). The molecule has 0 aliphatic carbocycles. The van der Waals surface area contributed by atoms with Crippen LogP contribution >= 0.6 is 0 Å². The lowest BCUT2D eigenvalue weighted by Crippen LogP contribution is -3.11. The highest BCUT2D eigenvalue weighted by atomic mass is 16.2. The van der Waals surface area contributed by atoms with Crippen LogP contribution in [0.15, 0.2) is 12.1 Å². The zero-order valence-electron chi connectivity index (χ0n) is 15.7. The Balaban J connectivity index is 2.43. The summed E-state index contributed by atoms with van der Waals surface area (Å²) in [5, 5.41) is 5.88. The van der Waals surface area contributed by atoms with Crippen LogP contribution in [0.25, 0.3) is 0 Å². The van der Waals surface area contributed by atoms with Crippen LogP contribution in [0, 0.1) is 20.8 Å². The number of nitrogens with one attached hydrogen (secondary N) is 3. The lowest BCUT2D eigenvalue weighted by molar-refractivity contribution is -0.862. The maximum absolute atomic E-state index is 12.2. The van der Waals surface area contributed by atoms with E-state index in [9.17, 15) is 9.59 Å². The first-order valence-electron chi connectivity index (χ1n) is 8.79. The third-order valence-electron chi connectivity index (χ3n) is 3.97. The van der Waals surface area contributed by atoms with Gasteiger partial charge in [-0.3, -0.25) is 9.59 Å². The van der Waals surface area contributed by atoms with Crippen molar-refractivity contribution in [3.05, 3.63) is 28.8 Å². The molecular weight excluding hydrogens is 302 g/mol. The summed E-state index contributed by atoms with van der Waals surface area (Å²) < 4.78 is 0. The average Bonchev–Trinajstić information content (AvgIpc) is 2.47. The van der Waals surface area contributed by atoms with Crippen LogP contribution in [-0.2, 0) is 9.59 Å². The highest BCUT2D eigenvalue weighted by molar-refractivity contribution is 5.93. The van der Waals surface area contributed by atoms with E-state index in [-0.39, 0.29) is 18.4 Å². The van der Waals surface area contributed by atoms with Crippen LogP contribution in [0.3, 0.4) is 0 Å². The normalized spacial score (nSPS) is 11.9. The van der Waals surface area contributed by atoms with Gasteiger partial charge in [-0.1, -0.05) is 37.5 Å². The van der Waals surface area contributed by atoms with E-state index in [4.69, 9.17) is 0 Å². The Bertz CT molecular complexity index is 547. The quantitative estimate of drug-likeness (QED) is 0.597. The highest BCUT2D eigenvalue weighted by Crippen LogP contribution is 2.21. The lowest BCUT2D eigenvalue weighted by atomic mass is 10.1. The van der Waals surface area contributed by atoms with Crippen LogP contribution in [-0.4, -0.2) is 38.5 Å². The summed E-state index contributed by atoms with van der Waals surface area (Å²) in [4.78, 5) is 24.9. The van der Waals surface area contributed by atoms with Gasteiger partial charge in [-0.2, -0.15) is 0 Å². The summed E-state index contributed by atoms with van der Waals surface area (Å²) in [7, 11) is 1.86. The molecule has 0 fully saturated rings. The third-order valence-corrected chi connectivity index (χ3v) is 3.97. The molecule has 0 bridgehead atoms. The lowest BCUT2D eigenvalue weighted by Gasteiger charge is -2.16. The number of hydrogen-bond donors (Lipinski definition) is 3. The Morgan fingerprint density at radius 3 is 2.17 bits per heavy atom. The van der Waals surface area contributed by atoms with E-state index in [1.54, 1.807) is 0 Å². The van der Waals surface area contributed by atoms with Gasteiger partial charge in [-0.05, 0) is 38.3 Å². The first-order valence-corrected chi connectivity index (χ1v) is 8.79. The molecule has 3 N–H and O–H groups in total. The van der Waals surface area contributed by atoms with Crippen molar-refractivity contribution in [1.29, 1.82) is 0 Å². The maximum Gasteiger partial charge on any atom is 0.279 e. The van der Waals surface area contributed by atoms with Gasteiger partial charge in [0.1, 0.15) is 0 Å². The summed E-state index contributed by atoms with van der Waals surface area (Å²) >= 11 is 0. The van der Waals surface area contributed by atoms with Crippen molar-refractivity contribution in [3.63, 3.8) is 0 Å². The predicted octanol–water partition coefficient (Wildman–Crippen LogP) is 1.37. The summed E-state index contributed by atoms with van der Waals surface area (Å²) in [5.74, 6) is -0.0690. The van der Waals surface area contributed by atoms with Crippen LogP contribution in [0.4, 0.5) is 5.69 Å². The van der Waals surface area contributed by atoms with Gasteiger partial charge >= 0.3 is 0 Å². The summed E-state index contributed by atoms with van der Waals surface area (Å²) in [5.41, 5.74) is 4.19. The second-order valence-electron chi connectivity index (χ2n) is 6.69. The number of carbonyl (C=O) groups is 2. The second-order valence-corrected chi connectivity index (χ2v) is 6.69. The summed E-state index contributed by atoms with van der Waals surface area (Å²) in [6.07, 6.45) is 3.27. The smallest absolute Gasteiger partial charge is 0.279 e. The number of anilines is 1. The topological polar surface area (TPSA) is 62.6 Å². The first kappa shape index (κ1) is 20.2. The molecule has 1 aromatic carbocycles. The van der Waals surface area contributed by atoms with E-state index in [0.717, 1.165) is 41.0 Å². The van der Waals surface area contributed by atoms with Gasteiger partial charge in [0.05, 0.1) is 7.05 Å². The minimum atomic E-state index is -0.0682. The molecular formula is C19H32N3O2+. The van der Waals surface area contributed by atoms with Gasteiger partial charge in [0, 0.05) is 12.2 Å². The molecule has 24 heavy (non-hydrogen) atoms. The number of quaternary nitrogens is 1. The molecule has 0 saturated carbocycles. The standard InChI is InChI=1S/C19H31N3O2/c1-6-7-8-9-20-17(23)12-22(5)13-18(24)21-19-15(3)10-14(2)11-16(19)4/h10-11H,6-9,12-13H2,1-5H3,(H,20,23)(H,21,24)/p+1. The zero-order chi connectivity index (χ0) is 18.1. The second kappa shape index (κ2) is 10.1. The van der Waals surface area contributed by atoms with Crippen molar-refractivity contribution in [1.82, 2.24) is 5.32 Å². The van der Waals surface area contributed by atoms with E-state index < -0.39 is 0 Å². The van der Waals surface area contributed by atoms with Crippen molar-refractivity contribution in [3.8, 4) is 0 Å². The van der Waals surface area contributed by atoms with Gasteiger partial charge in [-0.15, -0.1) is 0 Å². The van der Waals surface area contributed by atoms with Crippen molar-refractivity contribution in [2.75, 3.05) is 32.0 Å². The molecule has 5 nitrogen and oxygen atoms in total. The van der Waals surface area contributed by atoms with Gasteiger partial charge < -0.3 is 15.5 Å². The zero-order valence-corrected chi connectivity index (χ0v) is 15.7. The largest absolute Gasteiger partial charge is 0.351 e. The molecule has 1 atom stereocenters. The molecule has 0 aromatic heterocycles. The molecule has 1 unspecified atom stereocenters. The molecule has 0 aliphatic heterocycles. The minimum absolute atomic E-state index is 0.000833. The Morgan fingerprint density at radius 1 is 1.00 bits per heavy atom. The van der Waals surface area contributed by atoms with Crippen molar-refractivity contribution in [2.45, 2.75) is 47.0 Å². The SMILES string of the molecule is CCCCCNC(=O)C[NH+](C)CC(=O)Nc1c(C)cc(C)cc1C. The average molecular weight is 334 g/mol. The molecule has 0 heterocycles. The molecule has 0 radical (unpaired) electrons. The number of likely N-dealkylation sites (N-methyl/N-ethyl adjacent to an activating group) is 1. The van der Waals surface area contributed by atoms with Crippen LogP contribution in [0.2, 0.25) is 0 Å². The number of hydrogen-bond acceptors (Lipinski definition) is 2. The number of benzene rings is 1. The highest BCUT2D eigenvalue weighted by Gasteiger charge is 2.15. The fourth-order valence-corrected chi connectivity index (χ4v) is 2.84. The molecule has 134 valence electrons. The minimum Gasteiger partial charge on any atom is -0.351 e. The van der Waals surface area contributed by atoms with E-state index in [1.807, 2.05) is 27.8 Å². The number of aryl methyl sites for hydroxylation is 3. The molecule has 0 aliphatic rings. The molecule has 5 heteroatoms. The van der Waals surface area contributed by atoms with E-state index in [2.05, 4.69) is 29.7 Å². The maximum atomic E-state index is 12.2. The molecule has 0 saturated heterocycles. The number of rotatable bonds is 9. The van der Waals surface area contributed by atoms with Gasteiger partial charge in [0.2, 0.25) is 0 Å². The number of unbranched alkanes of at least 4 members (excludes halogenated alkanes) is 2. The fourth-order valence-electron chi connectivity index (χ4n) is 2.84. The van der Waals surface area contributed by atoms with Crippen LogP contribution in [0.1, 0.15) is 42.9 Å². The van der Waals surface area contributed by atoms with Crippen molar-refractivity contribution in [2.24, 2.45) is 0 Å². The van der Waals surface area contributed by atoms with E-state index >= 15 is 0 Å². The van der Waals surface area contributed by atoms with Crippen molar-refractivity contribution >= 4 is 17.5 Å². The Labute approximate surface area is 145 Å². The van der Waals surface area contributed by atoms with Crippen molar-refractivity contribution < 1.29 is 14.5 Å². The Kier molecular flexibility index (Phi) is 8.47. The van der Waals surface area contributed by atoms with E-state index in [1.165, 1.54) is 5.56 Å². The molecule has 1 aromatic rings. The van der Waals surface area contributed by atoms with Gasteiger partial charge in [0.25, 0.3) is 11.8 Å². The Morgan fingerprint density at radius 2 is 1.58 bits per heavy atom. The molecule has 0 spiro atoms. The van der Waals surface area contributed by atoms with Crippen LogP contribution < -0.4 is 15.5 Å². The van der Waals surface area contributed by atoms with Gasteiger partial charge in [-0.25, -0.2) is 0 Å².